The Balaban J connectivity index is 0.00000121. The molecule has 1 unspecified atom stereocenters. The van der Waals surface area contributed by atoms with E-state index in [1.165, 1.54) is 0 Å². The summed E-state index contributed by atoms with van der Waals surface area (Å²) in [5, 5.41) is 0. The molecule has 0 radical (unpaired) electrons. The zero-order valence-electron chi connectivity index (χ0n) is 7.03. The standard InChI is InChI=1S/C8H11NOS.ClH/c1-6-4-3-5-7(8(6)9)11(2)10;/h3-5H,9H2,1-2H3;1H. The Kier molecular flexibility index (Phi) is 4.28. The van der Waals surface area contributed by atoms with E-state index in [-0.39, 0.29) is 12.4 Å². The van der Waals surface area contributed by atoms with Crippen molar-refractivity contribution in [2.75, 3.05) is 12.0 Å². The van der Waals surface area contributed by atoms with Gasteiger partial charge in [0.15, 0.2) is 0 Å². The predicted molar refractivity (Wildman–Crippen MR) is 55.2 cm³/mol. The van der Waals surface area contributed by atoms with Gasteiger partial charge in [0, 0.05) is 6.26 Å². The van der Waals surface area contributed by atoms with E-state index < -0.39 is 10.8 Å². The monoisotopic (exact) mass is 205 g/mol. The first-order valence-electron chi connectivity index (χ1n) is 3.31. The smallest absolute Gasteiger partial charge is 0.0617 e. The highest BCUT2D eigenvalue weighted by Crippen LogP contribution is 2.18. The van der Waals surface area contributed by atoms with Gasteiger partial charge in [0.05, 0.1) is 21.4 Å². The zero-order valence-corrected chi connectivity index (χ0v) is 8.67. The highest BCUT2D eigenvalue weighted by Gasteiger charge is 2.03. The maximum Gasteiger partial charge on any atom is 0.0617 e. The molecule has 1 rings (SSSR count). The molecule has 1 atom stereocenters. The predicted octanol–water partition coefficient (Wildman–Crippen LogP) is 1.74. The van der Waals surface area contributed by atoms with Crippen molar-refractivity contribution in [1.29, 1.82) is 0 Å². The van der Waals surface area contributed by atoms with Crippen LogP contribution in [0.25, 0.3) is 0 Å². The molecular formula is C8H12ClNOS. The lowest BCUT2D eigenvalue weighted by molar-refractivity contribution is 0.687. The van der Waals surface area contributed by atoms with Gasteiger partial charge in [-0.15, -0.1) is 12.4 Å². The van der Waals surface area contributed by atoms with Crippen LogP contribution in [0.3, 0.4) is 0 Å². The number of anilines is 1. The molecule has 0 aliphatic rings. The molecular weight excluding hydrogens is 194 g/mol. The van der Waals surface area contributed by atoms with Gasteiger partial charge in [0.1, 0.15) is 0 Å². The van der Waals surface area contributed by atoms with Gasteiger partial charge in [0.25, 0.3) is 0 Å². The average molecular weight is 206 g/mol. The summed E-state index contributed by atoms with van der Waals surface area (Å²) in [5.74, 6) is 0. The van der Waals surface area contributed by atoms with Crippen molar-refractivity contribution in [3.05, 3.63) is 23.8 Å². The topological polar surface area (TPSA) is 43.1 Å². The van der Waals surface area contributed by atoms with Gasteiger partial charge >= 0.3 is 0 Å². The molecule has 0 heterocycles. The quantitative estimate of drug-likeness (QED) is 0.710. The summed E-state index contributed by atoms with van der Waals surface area (Å²) in [6.07, 6.45) is 1.63. The molecule has 0 saturated heterocycles. The molecule has 0 saturated carbocycles. The molecule has 68 valence electrons. The van der Waals surface area contributed by atoms with E-state index in [1.807, 2.05) is 19.1 Å². The van der Waals surface area contributed by atoms with E-state index in [9.17, 15) is 4.21 Å². The minimum absolute atomic E-state index is 0. The second-order valence-corrected chi connectivity index (χ2v) is 3.79. The van der Waals surface area contributed by atoms with Gasteiger partial charge in [-0.1, -0.05) is 12.1 Å². The van der Waals surface area contributed by atoms with E-state index in [0.29, 0.717) is 5.69 Å². The Morgan fingerprint density at radius 3 is 2.42 bits per heavy atom. The second kappa shape index (κ2) is 4.48. The lowest BCUT2D eigenvalue weighted by Gasteiger charge is -2.03. The number of nitrogen functional groups attached to an aromatic ring is 1. The lowest BCUT2D eigenvalue weighted by atomic mass is 10.2. The fourth-order valence-corrected chi connectivity index (χ4v) is 1.65. The summed E-state index contributed by atoms with van der Waals surface area (Å²) >= 11 is 0. The Labute approximate surface area is 81.0 Å². The molecule has 0 fully saturated rings. The highest BCUT2D eigenvalue weighted by atomic mass is 35.5. The van der Waals surface area contributed by atoms with E-state index in [2.05, 4.69) is 0 Å². The first-order chi connectivity index (χ1) is 5.13. The first-order valence-corrected chi connectivity index (χ1v) is 4.87. The third kappa shape index (κ3) is 2.22. The van der Waals surface area contributed by atoms with E-state index in [4.69, 9.17) is 5.73 Å². The third-order valence-electron chi connectivity index (χ3n) is 1.59. The van der Waals surface area contributed by atoms with Crippen molar-refractivity contribution in [3.8, 4) is 0 Å². The van der Waals surface area contributed by atoms with Gasteiger partial charge in [-0.05, 0) is 18.6 Å². The summed E-state index contributed by atoms with van der Waals surface area (Å²) in [5.41, 5.74) is 7.32. The van der Waals surface area contributed by atoms with Crippen molar-refractivity contribution in [2.45, 2.75) is 11.8 Å². The Morgan fingerprint density at radius 1 is 1.42 bits per heavy atom. The van der Waals surface area contributed by atoms with Gasteiger partial charge in [-0.25, -0.2) is 0 Å². The molecule has 0 aromatic heterocycles. The van der Waals surface area contributed by atoms with Crippen LogP contribution in [0.15, 0.2) is 23.1 Å². The van der Waals surface area contributed by atoms with Crippen LogP contribution < -0.4 is 5.73 Å². The number of aryl methyl sites for hydroxylation is 1. The van der Waals surface area contributed by atoms with Crippen molar-refractivity contribution >= 4 is 28.9 Å². The summed E-state index contributed by atoms with van der Waals surface area (Å²) in [6, 6.07) is 5.56. The summed E-state index contributed by atoms with van der Waals surface area (Å²) in [6.45, 7) is 1.91. The van der Waals surface area contributed by atoms with Crippen molar-refractivity contribution < 1.29 is 4.21 Å². The summed E-state index contributed by atoms with van der Waals surface area (Å²) in [4.78, 5) is 0.727. The van der Waals surface area contributed by atoms with E-state index in [0.717, 1.165) is 10.5 Å². The SMILES string of the molecule is Cc1cccc(S(C)=O)c1N.Cl. The van der Waals surface area contributed by atoms with Crippen molar-refractivity contribution in [2.24, 2.45) is 0 Å². The van der Waals surface area contributed by atoms with E-state index >= 15 is 0 Å². The van der Waals surface area contributed by atoms with Crippen LogP contribution in [0.1, 0.15) is 5.56 Å². The minimum atomic E-state index is -0.976. The van der Waals surface area contributed by atoms with Gasteiger partial charge in [-0.2, -0.15) is 0 Å². The fraction of sp³-hybridized carbons (Fsp3) is 0.250. The largest absolute Gasteiger partial charge is 0.398 e. The van der Waals surface area contributed by atoms with E-state index in [1.54, 1.807) is 12.3 Å². The van der Waals surface area contributed by atoms with Crippen LogP contribution in [0.2, 0.25) is 0 Å². The Bertz CT molecular complexity index is 301. The van der Waals surface area contributed by atoms with Crippen LogP contribution >= 0.6 is 12.4 Å². The molecule has 0 aliphatic carbocycles. The van der Waals surface area contributed by atoms with Crippen LogP contribution in [-0.4, -0.2) is 10.5 Å². The summed E-state index contributed by atoms with van der Waals surface area (Å²) in [7, 11) is -0.976. The van der Waals surface area contributed by atoms with Crippen LogP contribution in [0.5, 0.6) is 0 Å². The molecule has 2 N–H and O–H groups in total. The molecule has 4 heteroatoms. The fourth-order valence-electron chi connectivity index (χ4n) is 0.904. The van der Waals surface area contributed by atoms with Crippen molar-refractivity contribution in [3.63, 3.8) is 0 Å². The number of nitrogens with two attached hydrogens (primary N) is 1. The molecule has 0 spiro atoms. The molecule has 0 bridgehead atoms. The second-order valence-electron chi connectivity index (χ2n) is 2.44. The normalized spacial score (nSPS) is 11.8. The first kappa shape index (κ1) is 11.5. The number of para-hydroxylation sites is 1. The number of hydrogen-bond acceptors (Lipinski definition) is 2. The third-order valence-corrected chi connectivity index (χ3v) is 2.57. The Morgan fingerprint density at radius 2 is 2.00 bits per heavy atom. The lowest BCUT2D eigenvalue weighted by Crippen LogP contribution is -1.97. The van der Waals surface area contributed by atoms with Crippen LogP contribution in [-0.2, 0) is 10.8 Å². The molecule has 12 heavy (non-hydrogen) atoms. The number of rotatable bonds is 1. The van der Waals surface area contributed by atoms with Gasteiger partial charge in [-0.3, -0.25) is 4.21 Å². The molecule has 1 aromatic carbocycles. The van der Waals surface area contributed by atoms with Gasteiger partial charge in [0.2, 0.25) is 0 Å². The maximum absolute atomic E-state index is 11.0. The van der Waals surface area contributed by atoms with Crippen LogP contribution in [0, 0.1) is 6.92 Å². The van der Waals surface area contributed by atoms with Crippen LogP contribution in [0.4, 0.5) is 5.69 Å². The zero-order chi connectivity index (χ0) is 8.43. The number of benzene rings is 1. The maximum atomic E-state index is 11.0. The molecule has 0 aliphatic heterocycles. The Hall–Kier alpha value is -0.540. The average Bonchev–Trinajstić information content (AvgIpc) is 1.94. The van der Waals surface area contributed by atoms with Crippen molar-refractivity contribution in [1.82, 2.24) is 0 Å². The summed E-state index contributed by atoms with van der Waals surface area (Å²) < 4.78 is 11.0. The molecule has 0 amide bonds. The molecule has 2 nitrogen and oxygen atoms in total. The number of hydrogen-bond donors (Lipinski definition) is 1. The highest BCUT2D eigenvalue weighted by molar-refractivity contribution is 7.84. The molecule has 1 aromatic rings. The van der Waals surface area contributed by atoms with Gasteiger partial charge < -0.3 is 5.73 Å². The number of halogens is 1. The minimum Gasteiger partial charge on any atom is -0.398 e.